The second-order valence-electron chi connectivity index (χ2n) is 4.38. The van der Waals surface area contributed by atoms with E-state index >= 15 is 0 Å². The van der Waals surface area contributed by atoms with Gasteiger partial charge in [0, 0.05) is 18.5 Å². The Balaban J connectivity index is 1.88. The third-order valence-corrected chi connectivity index (χ3v) is 3.53. The number of amides is 2. The average Bonchev–Trinajstić information content (AvgIpc) is 3.01. The van der Waals surface area contributed by atoms with Crippen LogP contribution in [0.25, 0.3) is 10.9 Å². The van der Waals surface area contributed by atoms with E-state index in [-0.39, 0.29) is 6.03 Å². The number of H-pyrrole nitrogens is 1. The molecule has 2 heterocycles. The number of halogens is 1. The van der Waals surface area contributed by atoms with Gasteiger partial charge in [0.15, 0.2) is 0 Å². The molecule has 0 radical (unpaired) electrons. The molecule has 0 saturated carbocycles. The molecule has 1 aromatic heterocycles. The van der Waals surface area contributed by atoms with Gasteiger partial charge in [-0.3, -0.25) is 5.10 Å². The number of anilines is 1. The number of rotatable bonds is 1. The van der Waals surface area contributed by atoms with E-state index in [0.29, 0.717) is 10.7 Å². The Morgan fingerprint density at radius 1 is 1.39 bits per heavy atom. The quantitative estimate of drug-likeness (QED) is 0.832. The van der Waals surface area contributed by atoms with Crippen molar-refractivity contribution in [2.75, 3.05) is 18.4 Å². The van der Waals surface area contributed by atoms with Crippen molar-refractivity contribution < 1.29 is 4.79 Å². The highest BCUT2D eigenvalue weighted by atomic mass is 35.5. The lowest BCUT2D eigenvalue weighted by Gasteiger charge is -2.16. The van der Waals surface area contributed by atoms with Crippen molar-refractivity contribution in [3.05, 3.63) is 23.4 Å². The summed E-state index contributed by atoms with van der Waals surface area (Å²) in [5, 5.41) is 11.1. The van der Waals surface area contributed by atoms with Crippen molar-refractivity contribution in [1.29, 1.82) is 0 Å². The first kappa shape index (κ1) is 11.3. The van der Waals surface area contributed by atoms with Crippen LogP contribution in [0.2, 0.25) is 5.02 Å². The number of carbonyl (C=O) groups is 1. The Hall–Kier alpha value is -1.75. The molecule has 0 bridgehead atoms. The first-order chi connectivity index (χ1) is 8.75. The van der Waals surface area contributed by atoms with Gasteiger partial charge in [-0.15, -0.1) is 0 Å². The Morgan fingerprint density at radius 3 is 2.94 bits per heavy atom. The number of benzene rings is 1. The van der Waals surface area contributed by atoms with Crippen molar-refractivity contribution >= 4 is 34.2 Å². The summed E-state index contributed by atoms with van der Waals surface area (Å²) in [5.41, 5.74) is 1.47. The van der Waals surface area contributed by atoms with Crippen molar-refractivity contribution in [3.63, 3.8) is 0 Å². The maximum Gasteiger partial charge on any atom is 0.321 e. The van der Waals surface area contributed by atoms with E-state index in [4.69, 9.17) is 11.6 Å². The molecule has 3 rings (SSSR count). The predicted octanol–water partition coefficient (Wildman–Crippen LogP) is 2.84. The van der Waals surface area contributed by atoms with Gasteiger partial charge in [-0.1, -0.05) is 11.6 Å². The van der Waals surface area contributed by atoms with Crippen LogP contribution >= 0.6 is 11.6 Å². The van der Waals surface area contributed by atoms with E-state index < -0.39 is 0 Å². The lowest BCUT2D eigenvalue weighted by molar-refractivity contribution is 0.222. The first-order valence-corrected chi connectivity index (χ1v) is 6.31. The molecule has 0 unspecified atom stereocenters. The van der Waals surface area contributed by atoms with Crippen LogP contribution in [-0.2, 0) is 0 Å². The normalized spacial score (nSPS) is 15.3. The van der Waals surface area contributed by atoms with Crippen LogP contribution in [-0.4, -0.2) is 34.2 Å². The Labute approximate surface area is 109 Å². The van der Waals surface area contributed by atoms with Gasteiger partial charge in [0.1, 0.15) is 0 Å². The fraction of sp³-hybridized carbons (Fsp3) is 0.333. The molecule has 6 heteroatoms. The summed E-state index contributed by atoms with van der Waals surface area (Å²) in [6.45, 7) is 1.65. The van der Waals surface area contributed by atoms with E-state index in [0.717, 1.165) is 36.8 Å². The largest absolute Gasteiger partial charge is 0.325 e. The van der Waals surface area contributed by atoms with Crippen LogP contribution in [0.1, 0.15) is 12.8 Å². The summed E-state index contributed by atoms with van der Waals surface area (Å²) < 4.78 is 0. The SMILES string of the molecule is O=C(Nc1ccc(Cl)c2cn[nH]c12)N1CCCC1. The summed E-state index contributed by atoms with van der Waals surface area (Å²) in [7, 11) is 0. The zero-order chi connectivity index (χ0) is 12.5. The number of urea groups is 1. The number of nitrogens with one attached hydrogen (secondary N) is 2. The maximum absolute atomic E-state index is 12.0. The fourth-order valence-electron chi connectivity index (χ4n) is 2.22. The second kappa shape index (κ2) is 4.49. The molecule has 18 heavy (non-hydrogen) atoms. The molecule has 2 aromatic rings. The van der Waals surface area contributed by atoms with Gasteiger partial charge < -0.3 is 10.2 Å². The van der Waals surface area contributed by atoms with Crippen molar-refractivity contribution in [2.24, 2.45) is 0 Å². The standard InChI is InChI=1S/C12H13ClN4O/c13-9-3-4-10(11-8(9)7-14-16-11)15-12(18)17-5-1-2-6-17/h3-4,7H,1-2,5-6H2,(H,14,16)(H,15,18). The Morgan fingerprint density at radius 2 is 2.17 bits per heavy atom. The van der Waals surface area contributed by atoms with Crippen molar-refractivity contribution in [3.8, 4) is 0 Å². The molecular formula is C12H13ClN4O. The van der Waals surface area contributed by atoms with Gasteiger partial charge in [0.2, 0.25) is 0 Å². The average molecular weight is 265 g/mol. The van der Waals surface area contributed by atoms with Gasteiger partial charge in [0.25, 0.3) is 0 Å². The van der Waals surface area contributed by atoms with E-state index in [1.165, 1.54) is 0 Å². The van der Waals surface area contributed by atoms with Crippen LogP contribution in [0.4, 0.5) is 10.5 Å². The zero-order valence-corrected chi connectivity index (χ0v) is 10.5. The van der Waals surface area contributed by atoms with Crippen LogP contribution in [0, 0.1) is 0 Å². The molecule has 2 N–H and O–H groups in total. The van der Waals surface area contributed by atoms with Crippen molar-refractivity contribution in [2.45, 2.75) is 12.8 Å². The van der Waals surface area contributed by atoms with E-state index in [9.17, 15) is 4.79 Å². The monoisotopic (exact) mass is 264 g/mol. The van der Waals surface area contributed by atoms with Gasteiger partial charge in [-0.2, -0.15) is 5.10 Å². The van der Waals surface area contributed by atoms with Crippen LogP contribution in [0.5, 0.6) is 0 Å². The number of hydrogen-bond donors (Lipinski definition) is 2. The Kier molecular flexibility index (Phi) is 2.83. The Bertz CT molecular complexity index is 589. The lowest BCUT2D eigenvalue weighted by Crippen LogP contribution is -2.32. The van der Waals surface area contributed by atoms with Gasteiger partial charge in [-0.25, -0.2) is 4.79 Å². The summed E-state index contributed by atoms with van der Waals surface area (Å²) in [4.78, 5) is 13.8. The number of aromatic amines is 1. The molecular weight excluding hydrogens is 252 g/mol. The van der Waals surface area contributed by atoms with Crippen LogP contribution in [0.15, 0.2) is 18.3 Å². The summed E-state index contributed by atoms with van der Waals surface area (Å²) in [6, 6.07) is 3.49. The molecule has 1 aromatic carbocycles. The summed E-state index contributed by atoms with van der Waals surface area (Å²) in [5.74, 6) is 0. The lowest BCUT2D eigenvalue weighted by atomic mass is 10.2. The minimum absolute atomic E-state index is 0.0641. The van der Waals surface area contributed by atoms with E-state index in [2.05, 4.69) is 15.5 Å². The van der Waals surface area contributed by atoms with Gasteiger partial charge >= 0.3 is 6.03 Å². The van der Waals surface area contributed by atoms with Crippen LogP contribution < -0.4 is 5.32 Å². The zero-order valence-electron chi connectivity index (χ0n) is 9.74. The highest BCUT2D eigenvalue weighted by molar-refractivity contribution is 6.35. The summed E-state index contributed by atoms with van der Waals surface area (Å²) >= 11 is 6.05. The number of hydrogen-bond acceptors (Lipinski definition) is 2. The third-order valence-electron chi connectivity index (χ3n) is 3.20. The molecule has 0 atom stereocenters. The number of aromatic nitrogens is 2. The molecule has 1 aliphatic heterocycles. The van der Waals surface area contributed by atoms with Crippen molar-refractivity contribution in [1.82, 2.24) is 15.1 Å². The minimum atomic E-state index is -0.0641. The number of fused-ring (bicyclic) bond motifs is 1. The molecule has 1 saturated heterocycles. The number of nitrogens with zero attached hydrogens (tertiary/aromatic N) is 2. The van der Waals surface area contributed by atoms with Gasteiger partial charge in [0.05, 0.1) is 22.4 Å². The molecule has 0 aliphatic carbocycles. The minimum Gasteiger partial charge on any atom is -0.325 e. The summed E-state index contributed by atoms with van der Waals surface area (Å²) in [6.07, 6.45) is 3.81. The molecule has 2 amide bonds. The molecule has 94 valence electrons. The maximum atomic E-state index is 12.0. The molecule has 1 aliphatic rings. The predicted molar refractivity (Wildman–Crippen MR) is 70.9 cm³/mol. The highest BCUT2D eigenvalue weighted by Crippen LogP contribution is 2.28. The highest BCUT2D eigenvalue weighted by Gasteiger charge is 2.18. The second-order valence-corrected chi connectivity index (χ2v) is 4.79. The van der Waals surface area contributed by atoms with Crippen LogP contribution in [0.3, 0.4) is 0 Å². The molecule has 1 fully saturated rings. The van der Waals surface area contributed by atoms with E-state index in [1.54, 1.807) is 18.3 Å². The smallest absolute Gasteiger partial charge is 0.321 e. The first-order valence-electron chi connectivity index (χ1n) is 5.93. The topological polar surface area (TPSA) is 61.0 Å². The fourth-order valence-corrected chi connectivity index (χ4v) is 2.43. The third kappa shape index (κ3) is 1.90. The molecule has 0 spiro atoms. The number of likely N-dealkylation sites (tertiary alicyclic amines) is 1. The van der Waals surface area contributed by atoms with E-state index in [1.807, 2.05) is 4.90 Å². The molecule has 5 nitrogen and oxygen atoms in total. The number of carbonyl (C=O) groups excluding carboxylic acids is 1. The van der Waals surface area contributed by atoms with Gasteiger partial charge in [-0.05, 0) is 25.0 Å².